The molecule has 0 unspecified atom stereocenters. The summed E-state index contributed by atoms with van der Waals surface area (Å²) in [5.74, 6) is 0.146. The lowest BCUT2D eigenvalue weighted by atomic mass is 10.5. The molecule has 3 nitrogen and oxygen atoms in total. The van der Waals surface area contributed by atoms with Crippen LogP contribution in [-0.2, 0) is 6.18 Å². The number of thiazole rings is 1. The summed E-state index contributed by atoms with van der Waals surface area (Å²) in [7, 11) is 0. The van der Waals surface area contributed by atoms with E-state index >= 15 is 0 Å². The Hall–Kier alpha value is -1.37. The van der Waals surface area contributed by atoms with Crippen LogP contribution in [0.4, 0.5) is 13.2 Å². The lowest BCUT2D eigenvalue weighted by molar-refractivity contribution is -0.140. The van der Waals surface area contributed by atoms with E-state index in [2.05, 4.69) is 15.0 Å². The molecule has 2 heterocycles. The third-order valence-electron chi connectivity index (χ3n) is 1.52. The minimum absolute atomic E-state index is 0.146. The lowest BCUT2D eigenvalue weighted by Gasteiger charge is -2.00. The monoisotopic (exact) mass is 219 g/mol. The number of rotatable bonds is 1. The molecule has 7 heteroatoms. The van der Waals surface area contributed by atoms with Gasteiger partial charge in [-0.2, -0.15) is 13.2 Å². The highest BCUT2D eigenvalue weighted by atomic mass is 32.1. The van der Waals surface area contributed by atoms with E-state index in [1.54, 1.807) is 5.38 Å². The summed E-state index contributed by atoms with van der Waals surface area (Å²) in [5.41, 5.74) is -0.859. The van der Waals surface area contributed by atoms with Crippen molar-refractivity contribution in [3.63, 3.8) is 0 Å². The Morgan fingerprint density at radius 2 is 2.07 bits per heavy atom. The fourth-order valence-corrected chi connectivity index (χ4v) is 1.50. The van der Waals surface area contributed by atoms with Gasteiger partial charge in [0, 0.05) is 11.6 Å². The summed E-state index contributed by atoms with van der Waals surface area (Å²) in [6.07, 6.45) is -2.12. The summed E-state index contributed by atoms with van der Waals surface area (Å²) >= 11 is 1.23. The standard InChI is InChI=1S/C7H4F3N3S/c8-7(9,10)4-3-12-5(13-4)6-11-1-2-14-6/h1-3H,(H,12,13). The maximum atomic E-state index is 12.2. The van der Waals surface area contributed by atoms with Crippen LogP contribution in [0.1, 0.15) is 5.69 Å². The fraction of sp³-hybridized carbons (Fsp3) is 0.143. The van der Waals surface area contributed by atoms with Crippen LogP contribution in [0.3, 0.4) is 0 Å². The van der Waals surface area contributed by atoms with E-state index < -0.39 is 11.9 Å². The van der Waals surface area contributed by atoms with Gasteiger partial charge in [-0.25, -0.2) is 9.97 Å². The van der Waals surface area contributed by atoms with Crippen molar-refractivity contribution in [2.75, 3.05) is 0 Å². The van der Waals surface area contributed by atoms with Gasteiger partial charge in [-0.3, -0.25) is 0 Å². The molecule has 14 heavy (non-hydrogen) atoms. The minimum Gasteiger partial charge on any atom is -0.332 e. The number of imidazole rings is 1. The van der Waals surface area contributed by atoms with E-state index in [-0.39, 0.29) is 5.82 Å². The summed E-state index contributed by atoms with van der Waals surface area (Å²) < 4.78 is 36.5. The van der Waals surface area contributed by atoms with Crippen LogP contribution < -0.4 is 0 Å². The zero-order valence-electron chi connectivity index (χ0n) is 6.67. The number of aromatic amines is 1. The normalized spacial score (nSPS) is 11.9. The van der Waals surface area contributed by atoms with E-state index in [4.69, 9.17) is 0 Å². The molecule has 0 amide bonds. The minimum atomic E-state index is -4.39. The average molecular weight is 219 g/mol. The van der Waals surface area contributed by atoms with Crippen LogP contribution >= 0.6 is 11.3 Å². The van der Waals surface area contributed by atoms with E-state index in [0.717, 1.165) is 6.20 Å². The second kappa shape index (κ2) is 3.09. The van der Waals surface area contributed by atoms with Gasteiger partial charge >= 0.3 is 6.18 Å². The number of halogens is 3. The Balaban J connectivity index is 2.36. The van der Waals surface area contributed by atoms with Crippen LogP contribution in [-0.4, -0.2) is 15.0 Å². The molecule has 0 aliphatic heterocycles. The molecule has 2 rings (SSSR count). The third-order valence-corrected chi connectivity index (χ3v) is 2.30. The van der Waals surface area contributed by atoms with Crippen LogP contribution in [0.25, 0.3) is 10.8 Å². The first-order valence-electron chi connectivity index (χ1n) is 3.59. The Bertz CT molecular complexity index is 418. The number of H-pyrrole nitrogens is 1. The van der Waals surface area contributed by atoms with Crippen molar-refractivity contribution in [2.24, 2.45) is 0 Å². The molecule has 0 saturated heterocycles. The first-order chi connectivity index (χ1) is 6.57. The molecule has 74 valence electrons. The predicted molar refractivity (Wildman–Crippen MR) is 44.7 cm³/mol. The Labute approximate surface area is 80.6 Å². The predicted octanol–water partition coefficient (Wildman–Crippen LogP) is 2.55. The molecule has 0 aliphatic rings. The Kier molecular flexibility index (Phi) is 2.03. The smallest absolute Gasteiger partial charge is 0.332 e. The third kappa shape index (κ3) is 1.63. The average Bonchev–Trinajstić information content (AvgIpc) is 2.73. The van der Waals surface area contributed by atoms with Crippen molar-refractivity contribution in [2.45, 2.75) is 6.18 Å². The Morgan fingerprint density at radius 3 is 2.57 bits per heavy atom. The van der Waals surface area contributed by atoms with Gasteiger partial charge < -0.3 is 4.98 Å². The van der Waals surface area contributed by atoms with Gasteiger partial charge in [0.25, 0.3) is 0 Å². The number of aromatic nitrogens is 3. The van der Waals surface area contributed by atoms with Gasteiger partial charge in [0.15, 0.2) is 10.8 Å². The molecule has 0 radical (unpaired) electrons. The zero-order valence-corrected chi connectivity index (χ0v) is 7.49. The largest absolute Gasteiger partial charge is 0.432 e. The molecule has 0 aliphatic carbocycles. The van der Waals surface area contributed by atoms with Gasteiger partial charge in [0.05, 0.1) is 6.20 Å². The van der Waals surface area contributed by atoms with E-state index in [0.29, 0.717) is 5.01 Å². The highest BCUT2D eigenvalue weighted by Gasteiger charge is 2.33. The van der Waals surface area contributed by atoms with Gasteiger partial charge in [-0.15, -0.1) is 11.3 Å². The molecule has 2 aromatic rings. The van der Waals surface area contributed by atoms with Gasteiger partial charge in [-0.05, 0) is 0 Å². The van der Waals surface area contributed by atoms with Crippen molar-refractivity contribution in [3.05, 3.63) is 23.5 Å². The van der Waals surface area contributed by atoms with Crippen molar-refractivity contribution < 1.29 is 13.2 Å². The number of hydrogen-bond acceptors (Lipinski definition) is 3. The van der Waals surface area contributed by atoms with Gasteiger partial charge in [0.2, 0.25) is 0 Å². The second-order valence-electron chi connectivity index (χ2n) is 2.48. The van der Waals surface area contributed by atoms with E-state index in [1.807, 2.05) is 0 Å². The van der Waals surface area contributed by atoms with Crippen LogP contribution in [0.2, 0.25) is 0 Å². The molecule has 0 atom stereocenters. The lowest BCUT2D eigenvalue weighted by Crippen LogP contribution is -2.04. The maximum Gasteiger partial charge on any atom is 0.432 e. The topological polar surface area (TPSA) is 41.6 Å². The molecule has 0 spiro atoms. The van der Waals surface area contributed by atoms with Crippen LogP contribution in [0.15, 0.2) is 17.8 Å². The quantitative estimate of drug-likeness (QED) is 0.800. The number of hydrogen-bond donors (Lipinski definition) is 1. The molecule has 1 N–H and O–H groups in total. The first kappa shape index (κ1) is 9.20. The molecule has 0 aromatic carbocycles. The van der Waals surface area contributed by atoms with Crippen molar-refractivity contribution in [1.82, 2.24) is 15.0 Å². The van der Waals surface area contributed by atoms with Crippen LogP contribution in [0, 0.1) is 0 Å². The van der Waals surface area contributed by atoms with Gasteiger partial charge in [0.1, 0.15) is 5.69 Å². The van der Waals surface area contributed by atoms with E-state index in [9.17, 15) is 13.2 Å². The highest BCUT2D eigenvalue weighted by Crippen LogP contribution is 2.29. The van der Waals surface area contributed by atoms with Crippen molar-refractivity contribution >= 4 is 11.3 Å². The Morgan fingerprint density at radius 1 is 1.29 bits per heavy atom. The zero-order chi connectivity index (χ0) is 10.2. The second-order valence-corrected chi connectivity index (χ2v) is 3.38. The van der Waals surface area contributed by atoms with Gasteiger partial charge in [-0.1, -0.05) is 0 Å². The summed E-state index contributed by atoms with van der Waals surface area (Å²) in [6, 6.07) is 0. The number of nitrogens with one attached hydrogen (secondary N) is 1. The number of nitrogens with zero attached hydrogens (tertiary/aromatic N) is 2. The van der Waals surface area contributed by atoms with Crippen LogP contribution in [0.5, 0.6) is 0 Å². The molecule has 0 fully saturated rings. The molecular formula is C7H4F3N3S. The van der Waals surface area contributed by atoms with E-state index in [1.165, 1.54) is 17.5 Å². The maximum absolute atomic E-state index is 12.2. The molecular weight excluding hydrogens is 215 g/mol. The summed E-state index contributed by atoms with van der Waals surface area (Å²) in [4.78, 5) is 9.60. The highest BCUT2D eigenvalue weighted by molar-refractivity contribution is 7.12. The SMILES string of the molecule is FC(F)(F)c1cnc(-c2nccs2)[nH]1. The summed E-state index contributed by atoms with van der Waals surface area (Å²) in [6.45, 7) is 0. The molecule has 0 saturated carbocycles. The number of alkyl halides is 3. The first-order valence-corrected chi connectivity index (χ1v) is 4.47. The van der Waals surface area contributed by atoms with Crippen molar-refractivity contribution in [3.8, 4) is 10.8 Å². The fourth-order valence-electron chi connectivity index (χ4n) is 0.914. The summed E-state index contributed by atoms with van der Waals surface area (Å²) in [5, 5.41) is 2.12. The molecule has 0 bridgehead atoms. The van der Waals surface area contributed by atoms with Crippen molar-refractivity contribution in [1.29, 1.82) is 0 Å². The molecule has 2 aromatic heterocycles.